The van der Waals surface area contributed by atoms with Crippen LogP contribution in [-0.2, 0) is 9.53 Å². The van der Waals surface area contributed by atoms with Crippen molar-refractivity contribution in [2.24, 2.45) is 5.92 Å². The van der Waals surface area contributed by atoms with E-state index in [-0.39, 0.29) is 18.1 Å². The smallest absolute Gasteiger partial charge is 0.246 e. The molecular formula is C13H25NO2. The van der Waals surface area contributed by atoms with Gasteiger partial charge in [0.2, 0.25) is 5.91 Å². The highest BCUT2D eigenvalue weighted by atomic mass is 16.5. The fourth-order valence-corrected chi connectivity index (χ4v) is 1.96. The standard InChI is InChI=1S/C13H25NO2/c1-10-5-7-11(8-6-10)14-12(15)9-16-13(2,3)4/h10-11H,5-9H2,1-4H3,(H,14,15). The van der Waals surface area contributed by atoms with E-state index in [9.17, 15) is 4.79 Å². The van der Waals surface area contributed by atoms with E-state index in [0.717, 1.165) is 18.8 Å². The monoisotopic (exact) mass is 227 g/mol. The first-order valence-corrected chi connectivity index (χ1v) is 6.30. The van der Waals surface area contributed by atoms with Crippen LogP contribution in [0.3, 0.4) is 0 Å². The summed E-state index contributed by atoms with van der Waals surface area (Å²) in [5, 5.41) is 3.05. The number of rotatable bonds is 3. The first-order chi connectivity index (χ1) is 7.37. The average molecular weight is 227 g/mol. The summed E-state index contributed by atoms with van der Waals surface area (Å²) in [6.45, 7) is 8.34. The second kappa shape index (κ2) is 5.67. The molecule has 0 unspecified atom stereocenters. The van der Waals surface area contributed by atoms with E-state index in [0.29, 0.717) is 6.04 Å². The van der Waals surface area contributed by atoms with Gasteiger partial charge in [-0.25, -0.2) is 0 Å². The quantitative estimate of drug-likeness (QED) is 0.804. The van der Waals surface area contributed by atoms with E-state index in [4.69, 9.17) is 4.74 Å². The van der Waals surface area contributed by atoms with Crippen LogP contribution in [0.15, 0.2) is 0 Å². The summed E-state index contributed by atoms with van der Waals surface area (Å²) < 4.78 is 5.44. The molecule has 16 heavy (non-hydrogen) atoms. The van der Waals surface area contributed by atoms with E-state index in [2.05, 4.69) is 12.2 Å². The molecule has 0 aromatic carbocycles. The highest BCUT2D eigenvalue weighted by Gasteiger charge is 2.20. The Morgan fingerprint density at radius 2 is 1.81 bits per heavy atom. The Morgan fingerprint density at radius 3 is 2.31 bits per heavy atom. The molecule has 0 radical (unpaired) electrons. The van der Waals surface area contributed by atoms with Crippen molar-refractivity contribution < 1.29 is 9.53 Å². The number of hydrogen-bond acceptors (Lipinski definition) is 2. The van der Waals surface area contributed by atoms with Crippen molar-refractivity contribution in [2.45, 2.75) is 65.0 Å². The Labute approximate surface area is 98.9 Å². The van der Waals surface area contributed by atoms with Crippen molar-refractivity contribution in [1.29, 1.82) is 0 Å². The molecule has 1 rings (SSSR count). The van der Waals surface area contributed by atoms with Crippen molar-refractivity contribution in [3.63, 3.8) is 0 Å². The van der Waals surface area contributed by atoms with Gasteiger partial charge in [-0.3, -0.25) is 4.79 Å². The van der Waals surface area contributed by atoms with Gasteiger partial charge in [0.05, 0.1) is 5.60 Å². The predicted octanol–water partition coefficient (Wildman–Crippen LogP) is 2.50. The first kappa shape index (κ1) is 13.5. The fourth-order valence-electron chi connectivity index (χ4n) is 1.96. The van der Waals surface area contributed by atoms with Gasteiger partial charge in [0.25, 0.3) is 0 Å². The minimum atomic E-state index is -0.238. The lowest BCUT2D eigenvalue weighted by atomic mass is 9.87. The summed E-state index contributed by atoms with van der Waals surface area (Å²) in [6.07, 6.45) is 4.68. The molecule has 1 saturated carbocycles. The Morgan fingerprint density at radius 1 is 1.25 bits per heavy atom. The number of hydrogen-bond donors (Lipinski definition) is 1. The maximum Gasteiger partial charge on any atom is 0.246 e. The molecule has 3 heteroatoms. The summed E-state index contributed by atoms with van der Waals surface area (Å²) in [5.74, 6) is 0.841. The number of ether oxygens (including phenoxy) is 1. The highest BCUT2D eigenvalue weighted by molar-refractivity contribution is 5.77. The highest BCUT2D eigenvalue weighted by Crippen LogP contribution is 2.23. The van der Waals surface area contributed by atoms with Gasteiger partial charge >= 0.3 is 0 Å². The molecule has 0 aromatic heterocycles. The molecule has 1 N–H and O–H groups in total. The maximum atomic E-state index is 11.6. The van der Waals surface area contributed by atoms with Gasteiger partial charge in [-0.15, -0.1) is 0 Å². The molecule has 0 spiro atoms. The predicted molar refractivity (Wildman–Crippen MR) is 65.3 cm³/mol. The van der Waals surface area contributed by atoms with Crippen LogP contribution in [0.5, 0.6) is 0 Å². The van der Waals surface area contributed by atoms with Gasteiger partial charge in [0, 0.05) is 6.04 Å². The third-order valence-electron chi connectivity index (χ3n) is 3.02. The van der Waals surface area contributed by atoms with Crippen LogP contribution in [0.25, 0.3) is 0 Å². The lowest BCUT2D eigenvalue weighted by molar-refractivity contribution is -0.131. The van der Waals surface area contributed by atoms with Crippen LogP contribution in [0.4, 0.5) is 0 Å². The maximum absolute atomic E-state index is 11.6. The van der Waals surface area contributed by atoms with Crippen LogP contribution < -0.4 is 5.32 Å². The van der Waals surface area contributed by atoms with Crippen molar-refractivity contribution >= 4 is 5.91 Å². The minimum Gasteiger partial charge on any atom is -0.366 e. The Hall–Kier alpha value is -0.570. The molecule has 0 aliphatic heterocycles. The molecule has 0 bridgehead atoms. The summed E-state index contributed by atoms with van der Waals surface area (Å²) in [5.41, 5.74) is -0.238. The summed E-state index contributed by atoms with van der Waals surface area (Å²) >= 11 is 0. The number of carbonyl (C=O) groups excluding carboxylic acids is 1. The van der Waals surface area contributed by atoms with E-state index < -0.39 is 0 Å². The van der Waals surface area contributed by atoms with Crippen molar-refractivity contribution in [3.8, 4) is 0 Å². The Kier molecular flexibility index (Phi) is 4.78. The number of nitrogens with one attached hydrogen (secondary N) is 1. The molecule has 1 aliphatic rings. The molecule has 94 valence electrons. The van der Waals surface area contributed by atoms with Crippen molar-refractivity contribution in [2.75, 3.05) is 6.61 Å². The summed E-state index contributed by atoms with van der Waals surface area (Å²) in [6, 6.07) is 0.368. The summed E-state index contributed by atoms with van der Waals surface area (Å²) in [4.78, 5) is 11.6. The minimum absolute atomic E-state index is 0.0227. The second-order valence-corrected chi connectivity index (χ2v) is 5.93. The van der Waals surface area contributed by atoms with E-state index >= 15 is 0 Å². The zero-order chi connectivity index (χ0) is 12.2. The van der Waals surface area contributed by atoms with Gasteiger partial charge in [-0.1, -0.05) is 6.92 Å². The van der Waals surface area contributed by atoms with Crippen LogP contribution in [0.2, 0.25) is 0 Å². The topological polar surface area (TPSA) is 38.3 Å². The number of carbonyl (C=O) groups is 1. The van der Waals surface area contributed by atoms with Gasteiger partial charge in [-0.05, 0) is 52.4 Å². The molecule has 0 aromatic rings. The van der Waals surface area contributed by atoms with Crippen LogP contribution in [0.1, 0.15) is 53.4 Å². The average Bonchev–Trinajstić information content (AvgIpc) is 2.18. The SMILES string of the molecule is CC1CCC(NC(=O)COC(C)(C)C)CC1. The molecule has 1 fully saturated rings. The van der Waals surface area contributed by atoms with Gasteiger partial charge in [0.15, 0.2) is 0 Å². The van der Waals surface area contributed by atoms with Gasteiger partial charge in [0.1, 0.15) is 6.61 Å². The fraction of sp³-hybridized carbons (Fsp3) is 0.923. The van der Waals surface area contributed by atoms with E-state index in [1.54, 1.807) is 0 Å². The molecular weight excluding hydrogens is 202 g/mol. The first-order valence-electron chi connectivity index (χ1n) is 6.30. The van der Waals surface area contributed by atoms with Crippen LogP contribution in [-0.4, -0.2) is 24.2 Å². The van der Waals surface area contributed by atoms with Crippen LogP contribution >= 0.6 is 0 Å². The zero-order valence-corrected chi connectivity index (χ0v) is 11.0. The third-order valence-corrected chi connectivity index (χ3v) is 3.02. The second-order valence-electron chi connectivity index (χ2n) is 5.93. The Bertz CT molecular complexity index is 225. The molecule has 3 nitrogen and oxygen atoms in total. The van der Waals surface area contributed by atoms with E-state index in [1.807, 2.05) is 20.8 Å². The zero-order valence-electron chi connectivity index (χ0n) is 11.0. The molecule has 0 atom stereocenters. The Balaban J connectivity index is 2.19. The lowest BCUT2D eigenvalue weighted by Gasteiger charge is -2.27. The third kappa shape index (κ3) is 5.50. The molecule has 1 aliphatic carbocycles. The van der Waals surface area contributed by atoms with Crippen molar-refractivity contribution in [3.05, 3.63) is 0 Å². The normalized spacial score (nSPS) is 26.5. The van der Waals surface area contributed by atoms with Crippen molar-refractivity contribution in [1.82, 2.24) is 5.32 Å². The van der Waals surface area contributed by atoms with Gasteiger partial charge < -0.3 is 10.1 Å². The molecule has 0 heterocycles. The molecule has 0 saturated heterocycles. The van der Waals surface area contributed by atoms with Gasteiger partial charge in [-0.2, -0.15) is 0 Å². The lowest BCUT2D eigenvalue weighted by Crippen LogP contribution is -2.40. The largest absolute Gasteiger partial charge is 0.366 e. The van der Waals surface area contributed by atoms with Crippen LogP contribution in [0, 0.1) is 5.92 Å². The molecule has 1 amide bonds. The van der Waals surface area contributed by atoms with E-state index in [1.165, 1.54) is 12.8 Å². The number of amides is 1. The summed E-state index contributed by atoms with van der Waals surface area (Å²) in [7, 11) is 0.